The van der Waals surface area contributed by atoms with Crippen molar-refractivity contribution in [2.45, 2.75) is 44.2 Å². The van der Waals surface area contributed by atoms with Gasteiger partial charge in [-0.3, -0.25) is 9.59 Å². The molecule has 0 radical (unpaired) electrons. The van der Waals surface area contributed by atoms with Crippen molar-refractivity contribution in [1.29, 1.82) is 0 Å². The molecule has 2 rings (SSSR count). The van der Waals surface area contributed by atoms with E-state index in [-0.39, 0.29) is 17.9 Å². The lowest BCUT2D eigenvalue weighted by Crippen LogP contribution is -2.46. The molecule has 0 bridgehead atoms. The van der Waals surface area contributed by atoms with E-state index in [9.17, 15) is 9.59 Å². The van der Waals surface area contributed by atoms with Crippen LogP contribution in [0.2, 0.25) is 0 Å². The molecule has 2 aliphatic rings. The van der Waals surface area contributed by atoms with Gasteiger partial charge in [0.1, 0.15) is 6.04 Å². The molecule has 2 fully saturated rings. The first kappa shape index (κ1) is 12.4. The monoisotopic (exact) mass is 239 g/mol. The van der Waals surface area contributed by atoms with Crippen LogP contribution in [0.4, 0.5) is 0 Å². The van der Waals surface area contributed by atoms with Gasteiger partial charge in [-0.05, 0) is 32.7 Å². The van der Waals surface area contributed by atoms with Gasteiger partial charge in [0.05, 0.1) is 0 Å². The maximum absolute atomic E-state index is 12.0. The Hall–Kier alpha value is -1.10. The Bertz CT molecular complexity index is 302. The molecule has 1 saturated carbocycles. The van der Waals surface area contributed by atoms with Gasteiger partial charge in [-0.2, -0.15) is 0 Å². The molecular formula is C12H21N3O2. The van der Waals surface area contributed by atoms with Crippen LogP contribution in [0.3, 0.4) is 0 Å². The number of rotatable bonds is 5. The maximum atomic E-state index is 12.0. The van der Waals surface area contributed by atoms with Crippen molar-refractivity contribution < 1.29 is 9.59 Å². The van der Waals surface area contributed by atoms with Crippen LogP contribution >= 0.6 is 0 Å². The number of hydrogen-bond donors (Lipinski definition) is 2. The predicted octanol–water partition coefficient (Wildman–Crippen LogP) is -0.134. The summed E-state index contributed by atoms with van der Waals surface area (Å²) in [5, 5.41) is 5.95. The molecule has 2 N–H and O–H groups in total. The third-order valence-corrected chi connectivity index (χ3v) is 3.39. The van der Waals surface area contributed by atoms with E-state index < -0.39 is 0 Å². The number of nitrogens with zero attached hydrogens (tertiary/aromatic N) is 1. The summed E-state index contributed by atoms with van der Waals surface area (Å²) in [7, 11) is 1.83. The molecule has 1 saturated heterocycles. The van der Waals surface area contributed by atoms with E-state index in [0.717, 1.165) is 32.2 Å². The zero-order valence-corrected chi connectivity index (χ0v) is 10.4. The van der Waals surface area contributed by atoms with Crippen LogP contribution in [0.15, 0.2) is 0 Å². The summed E-state index contributed by atoms with van der Waals surface area (Å²) in [4.78, 5) is 25.6. The predicted molar refractivity (Wildman–Crippen MR) is 64.4 cm³/mol. The quantitative estimate of drug-likeness (QED) is 0.702. The van der Waals surface area contributed by atoms with Gasteiger partial charge >= 0.3 is 0 Å². The minimum Gasteiger partial charge on any atom is -0.352 e. The van der Waals surface area contributed by atoms with E-state index in [4.69, 9.17) is 0 Å². The summed E-state index contributed by atoms with van der Waals surface area (Å²) in [6, 6.07) is 0.150. The summed E-state index contributed by atoms with van der Waals surface area (Å²) in [6.45, 7) is 1.40. The topological polar surface area (TPSA) is 61.4 Å². The van der Waals surface area contributed by atoms with Crippen molar-refractivity contribution in [2.75, 3.05) is 20.1 Å². The SMILES string of the molecule is CNCCC(=O)N1CCCC1C(=O)NC1CC1. The number of carbonyl (C=O) groups excluding carboxylic acids is 2. The number of amides is 2. The van der Waals surface area contributed by atoms with E-state index in [1.807, 2.05) is 7.05 Å². The van der Waals surface area contributed by atoms with Crippen molar-refractivity contribution in [1.82, 2.24) is 15.5 Å². The van der Waals surface area contributed by atoms with E-state index in [1.54, 1.807) is 4.90 Å². The lowest BCUT2D eigenvalue weighted by molar-refractivity contribution is -0.138. The van der Waals surface area contributed by atoms with Crippen LogP contribution in [0.5, 0.6) is 0 Å². The van der Waals surface area contributed by atoms with E-state index in [0.29, 0.717) is 19.0 Å². The smallest absolute Gasteiger partial charge is 0.243 e. The Kier molecular flexibility index (Phi) is 3.99. The molecule has 1 heterocycles. The Balaban J connectivity index is 1.86. The second-order valence-corrected chi connectivity index (χ2v) is 4.88. The van der Waals surface area contributed by atoms with Crippen LogP contribution in [0.1, 0.15) is 32.1 Å². The van der Waals surface area contributed by atoms with Crippen molar-refractivity contribution in [3.8, 4) is 0 Å². The fourth-order valence-corrected chi connectivity index (χ4v) is 2.24. The average molecular weight is 239 g/mol. The minimum atomic E-state index is -0.222. The summed E-state index contributed by atoms with van der Waals surface area (Å²) in [5.74, 6) is 0.135. The first-order valence-electron chi connectivity index (χ1n) is 6.47. The number of nitrogens with one attached hydrogen (secondary N) is 2. The van der Waals surface area contributed by atoms with Gasteiger partial charge in [0.15, 0.2) is 0 Å². The molecule has 0 aromatic rings. The van der Waals surface area contributed by atoms with Gasteiger partial charge in [0, 0.05) is 25.6 Å². The second kappa shape index (κ2) is 5.49. The van der Waals surface area contributed by atoms with Crippen LogP contribution in [0, 0.1) is 0 Å². The van der Waals surface area contributed by atoms with E-state index in [1.165, 1.54) is 0 Å². The Morgan fingerprint density at radius 2 is 2.06 bits per heavy atom. The van der Waals surface area contributed by atoms with E-state index in [2.05, 4.69) is 10.6 Å². The second-order valence-electron chi connectivity index (χ2n) is 4.88. The first-order valence-corrected chi connectivity index (χ1v) is 6.47. The fraction of sp³-hybridized carbons (Fsp3) is 0.833. The van der Waals surface area contributed by atoms with Crippen molar-refractivity contribution in [3.63, 3.8) is 0 Å². The van der Waals surface area contributed by atoms with Gasteiger partial charge < -0.3 is 15.5 Å². The van der Waals surface area contributed by atoms with Gasteiger partial charge in [-0.25, -0.2) is 0 Å². The molecule has 1 aliphatic carbocycles. The zero-order valence-electron chi connectivity index (χ0n) is 10.4. The van der Waals surface area contributed by atoms with Crippen LogP contribution < -0.4 is 10.6 Å². The lowest BCUT2D eigenvalue weighted by Gasteiger charge is -2.24. The molecular weight excluding hydrogens is 218 g/mol. The average Bonchev–Trinajstić information content (AvgIpc) is 2.98. The van der Waals surface area contributed by atoms with Gasteiger partial charge in [-0.15, -0.1) is 0 Å². The summed E-state index contributed by atoms with van der Waals surface area (Å²) >= 11 is 0. The van der Waals surface area contributed by atoms with Gasteiger partial charge in [0.25, 0.3) is 0 Å². The minimum absolute atomic E-state index is 0.0443. The third kappa shape index (κ3) is 3.19. The molecule has 1 aliphatic heterocycles. The van der Waals surface area contributed by atoms with Crippen molar-refractivity contribution in [3.05, 3.63) is 0 Å². The van der Waals surface area contributed by atoms with Crippen LogP contribution in [0.25, 0.3) is 0 Å². The number of hydrogen-bond acceptors (Lipinski definition) is 3. The number of likely N-dealkylation sites (tertiary alicyclic amines) is 1. The van der Waals surface area contributed by atoms with Crippen molar-refractivity contribution >= 4 is 11.8 Å². The normalized spacial score (nSPS) is 23.8. The highest BCUT2D eigenvalue weighted by molar-refractivity contribution is 5.88. The molecule has 5 heteroatoms. The highest BCUT2D eigenvalue weighted by atomic mass is 16.2. The molecule has 0 spiro atoms. The zero-order chi connectivity index (χ0) is 12.3. The lowest BCUT2D eigenvalue weighted by atomic mass is 10.2. The molecule has 0 aromatic carbocycles. The summed E-state index contributed by atoms with van der Waals surface area (Å²) in [5.41, 5.74) is 0. The largest absolute Gasteiger partial charge is 0.352 e. The Morgan fingerprint density at radius 1 is 1.29 bits per heavy atom. The molecule has 5 nitrogen and oxygen atoms in total. The Labute approximate surface area is 102 Å². The standard InChI is InChI=1S/C12H21N3O2/c1-13-7-6-11(16)15-8-2-3-10(15)12(17)14-9-4-5-9/h9-10,13H,2-8H2,1H3,(H,14,17). The highest BCUT2D eigenvalue weighted by Gasteiger charge is 2.35. The first-order chi connectivity index (χ1) is 8.22. The van der Waals surface area contributed by atoms with Crippen LogP contribution in [-0.4, -0.2) is 48.9 Å². The summed E-state index contributed by atoms with van der Waals surface area (Å²) < 4.78 is 0. The molecule has 17 heavy (non-hydrogen) atoms. The van der Waals surface area contributed by atoms with Crippen LogP contribution in [-0.2, 0) is 9.59 Å². The molecule has 96 valence electrons. The Morgan fingerprint density at radius 3 is 2.71 bits per heavy atom. The molecule has 1 atom stereocenters. The highest BCUT2D eigenvalue weighted by Crippen LogP contribution is 2.22. The molecule has 0 aromatic heterocycles. The van der Waals surface area contributed by atoms with Gasteiger partial charge in [-0.1, -0.05) is 0 Å². The van der Waals surface area contributed by atoms with Crippen molar-refractivity contribution in [2.24, 2.45) is 0 Å². The number of carbonyl (C=O) groups is 2. The van der Waals surface area contributed by atoms with Gasteiger partial charge in [0.2, 0.25) is 11.8 Å². The molecule has 2 amide bonds. The van der Waals surface area contributed by atoms with E-state index >= 15 is 0 Å². The fourth-order valence-electron chi connectivity index (χ4n) is 2.24. The summed E-state index contributed by atoms with van der Waals surface area (Å²) in [6.07, 6.45) is 4.40. The molecule has 1 unspecified atom stereocenters. The third-order valence-electron chi connectivity index (χ3n) is 3.39. The maximum Gasteiger partial charge on any atom is 0.243 e.